The van der Waals surface area contributed by atoms with Gasteiger partial charge < -0.3 is 15.5 Å². The van der Waals surface area contributed by atoms with Crippen LogP contribution in [-0.4, -0.2) is 54.3 Å². The quantitative estimate of drug-likeness (QED) is 0.913. The van der Waals surface area contributed by atoms with Gasteiger partial charge in [0.15, 0.2) is 0 Å². The molecule has 0 spiro atoms. The second-order valence-electron chi connectivity index (χ2n) is 7.37. The van der Waals surface area contributed by atoms with E-state index in [0.29, 0.717) is 32.1 Å². The van der Waals surface area contributed by atoms with Crippen LogP contribution in [0.2, 0.25) is 0 Å². The Kier molecular flexibility index (Phi) is 5.74. The standard InChI is InChI=1S/C20H29N3O2/c1-15-5-2-6-16(13-15)19(24)22-9-4-10-23(12-11-22)20(25)18-8-3-7-17(18)14-21/h2,5-6,13,17-18H,3-4,7-12,14,21H2,1H3/t17-,18-/m1/s1. The molecule has 0 radical (unpaired) electrons. The van der Waals surface area contributed by atoms with Gasteiger partial charge >= 0.3 is 0 Å². The molecule has 0 bridgehead atoms. The lowest BCUT2D eigenvalue weighted by atomic mass is 9.94. The Morgan fingerprint density at radius 1 is 1.08 bits per heavy atom. The van der Waals surface area contributed by atoms with E-state index in [9.17, 15) is 9.59 Å². The fourth-order valence-electron chi connectivity index (χ4n) is 4.18. The van der Waals surface area contributed by atoms with Crippen LogP contribution >= 0.6 is 0 Å². The van der Waals surface area contributed by atoms with Gasteiger partial charge in [-0.2, -0.15) is 0 Å². The molecule has 1 aromatic carbocycles. The van der Waals surface area contributed by atoms with Gasteiger partial charge in [0.2, 0.25) is 5.91 Å². The molecule has 1 saturated heterocycles. The minimum Gasteiger partial charge on any atom is -0.341 e. The summed E-state index contributed by atoms with van der Waals surface area (Å²) in [6, 6.07) is 7.71. The van der Waals surface area contributed by atoms with Crippen LogP contribution in [0.5, 0.6) is 0 Å². The number of nitrogens with zero attached hydrogens (tertiary/aromatic N) is 2. The summed E-state index contributed by atoms with van der Waals surface area (Å²) in [5.74, 6) is 0.737. The summed E-state index contributed by atoms with van der Waals surface area (Å²) in [5, 5.41) is 0. The number of carbonyl (C=O) groups is 2. The molecular formula is C20H29N3O2. The molecule has 0 unspecified atom stereocenters. The van der Waals surface area contributed by atoms with Gasteiger partial charge in [0.25, 0.3) is 5.91 Å². The number of carbonyl (C=O) groups excluding carboxylic acids is 2. The molecule has 1 aromatic rings. The maximum Gasteiger partial charge on any atom is 0.253 e. The van der Waals surface area contributed by atoms with E-state index >= 15 is 0 Å². The summed E-state index contributed by atoms with van der Waals surface area (Å²) >= 11 is 0. The molecule has 2 amide bonds. The van der Waals surface area contributed by atoms with Crippen LogP contribution in [0.4, 0.5) is 0 Å². The van der Waals surface area contributed by atoms with Gasteiger partial charge in [0.05, 0.1) is 0 Å². The van der Waals surface area contributed by atoms with Gasteiger partial charge in [-0.05, 0) is 50.8 Å². The van der Waals surface area contributed by atoms with Crippen LogP contribution < -0.4 is 5.73 Å². The molecule has 5 nitrogen and oxygen atoms in total. The predicted molar refractivity (Wildman–Crippen MR) is 98.2 cm³/mol. The van der Waals surface area contributed by atoms with Crippen LogP contribution in [-0.2, 0) is 4.79 Å². The SMILES string of the molecule is Cc1cccc(C(=O)N2CCCN(C(=O)[C@@H]3CCC[C@@H]3CN)CC2)c1. The molecule has 5 heteroatoms. The van der Waals surface area contributed by atoms with E-state index in [4.69, 9.17) is 5.73 Å². The molecule has 25 heavy (non-hydrogen) atoms. The first-order valence-corrected chi connectivity index (χ1v) is 9.45. The van der Waals surface area contributed by atoms with Gasteiger partial charge in [0.1, 0.15) is 0 Å². The van der Waals surface area contributed by atoms with Crippen molar-refractivity contribution in [2.45, 2.75) is 32.6 Å². The van der Waals surface area contributed by atoms with Gasteiger partial charge in [-0.15, -0.1) is 0 Å². The fourth-order valence-corrected chi connectivity index (χ4v) is 4.18. The van der Waals surface area contributed by atoms with Gasteiger partial charge in [-0.1, -0.05) is 24.1 Å². The summed E-state index contributed by atoms with van der Waals surface area (Å²) in [6.07, 6.45) is 3.97. The van der Waals surface area contributed by atoms with Crippen molar-refractivity contribution in [1.82, 2.24) is 9.80 Å². The van der Waals surface area contributed by atoms with E-state index in [0.717, 1.165) is 43.4 Å². The summed E-state index contributed by atoms with van der Waals surface area (Å²) in [7, 11) is 0. The molecule has 1 aliphatic heterocycles. The lowest BCUT2D eigenvalue weighted by Gasteiger charge is -2.27. The fraction of sp³-hybridized carbons (Fsp3) is 0.600. The van der Waals surface area contributed by atoms with E-state index < -0.39 is 0 Å². The van der Waals surface area contributed by atoms with E-state index in [1.165, 1.54) is 0 Å². The highest BCUT2D eigenvalue weighted by Gasteiger charge is 2.35. The largest absolute Gasteiger partial charge is 0.341 e. The number of hydrogen-bond donors (Lipinski definition) is 1. The summed E-state index contributed by atoms with van der Waals surface area (Å²) in [4.78, 5) is 29.5. The Hall–Kier alpha value is -1.88. The molecule has 1 saturated carbocycles. The third-order valence-corrected chi connectivity index (χ3v) is 5.64. The first-order chi connectivity index (χ1) is 12.1. The Morgan fingerprint density at radius 3 is 2.60 bits per heavy atom. The van der Waals surface area contributed by atoms with Crippen LogP contribution in [0.25, 0.3) is 0 Å². The molecule has 1 heterocycles. The van der Waals surface area contributed by atoms with Crippen molar-refractivity contribution in [2.24, 2.45) is 17.6 Å². The molecule has 2 aliphatic rings. The first-order valence-electron chi connectivity index (χ1n) is 9.45. The van der Waals surface area contributed by atoms with Crippen molar-refractivity contribution < 1.29 is 9.59 Å². The number of benzene rings is 1. The molecule has 136 valence electrons. The second-order valence-corrected chi connectivity index (χ2v) is 7.37. The van der Waals surface area contributed by atoms with Crippen LogP contribution in [0, 0.1) is 18.8 Å². The zero-order valence-corrected chi connectivity index (χ0v) is 15.1. The maximum absolute atomic E-state index is 12.9. The number of rotatable bonds is 3. The van der Waals surface area contributed by atoms with Crippen molar-refractivity contribution in [1.29, 1.82) is 0 Å². The first kappa shape index (κ1) is 17.9. The summed E-state index contributed by atoms with van der Waals surface area (Å²) in [5.41, 5.74) is 7.66. The minimum atomic E-state index is 0.0682. The highest BCUT2D eigenvalue weighted by molar-refractivity contribution is 5.94. The number of nitrogens with two attached hydrogens (primary N) is 1. The Morgan fingerprint density at radius 2 is 1.84 bits per heavy atom. The average Bonchev–Trinajstić information content (AvgIpc) is 2.96. The Labute approximate surface area is 150 Å². The molecule has 2 N–H and O–H groups in total. The zero-order chi connectivity index (χ0) is 17.8. The Balaban J connectivity index is 1.62. The lowest BCUT2D eigenvalue weighted by Crippen LogP contribution is -2.41. The van der Waals surface area contributed by atoms with Crippen molar-refractivity contribution >= 4 is 11.8 Å². The van der Waals surface area contributed by atoms with E-state index in [1.54, 1.807) is 0 Å². The van der Waals surface area contributed by atoms with Crippen molar-refractivity contribution in [3.8, 4) is 0 Å². The third kappa shape index (κ3) is 4.03. The van der Waals surface area contributed by atoms with Crippen LogP contribution in [0.1, 0.15) is 41.6 Å². The van der Waals surface area contributed by atoms with Crippen LogP contribution in [0.3, 0.4) is 0 Å². The number of amides is 2. The molecule has 1 aliphatic carbocycles. The van der Waals surface area contributed by atoms with E-state index in [1.807, 2.05) is 41.0 Å². The summed E-state index contributed by atoms with van der Waals surface area (Å²) in [6.45, 7) is 5.28. The highest BCUT2D eigenvalue weighted by atomic mass is 16.2. The predicted octanol–water partition coefficient (Wildman–Crippen LogP) is 2.04. The van der Waals surface area contributed by atoms with Gasteiger partial charge in [-0.3, -0.25) is 9.59 Å². The third-order valence-electron chi connectivity index (χ3n) is 5.64. The lowest BCUT2D eigenvalue weighted by molar-refractivity contribution is -0.136. The zero-order valence-electron chi connectivity index (χ0n) is 15.1. The smallest absolute Gasteiger partial charge is 0.253 e. The van der Waals surface area contributed by atoms with Crippen molar-refractivity contribution in [3.05, 3.63) is 35.4 Å². The minimum absolute atomic E-state index is 0.0682. The van der Waals surface area contributed by atoms with Crippen molar-refractivity contribution in [3.63, 3.8) is 0 Å². The normalized spacial score (nSPS) is 24.2. The van der Waals surface area contributed by atoms with E-state index in [2.05, 4.69) is 0 Å². The monoisotopic (exact) mass is 343 g/mol. The maximum atomic E-state index is 12.9. The average molecular weight is 343 g/mol. The number of hydrogen-bond acceptors (Lipinski definition) is 3. The highest BCUT2D eigenvalue weighted by Crippen LogP contribution is 2.32. The molecule has 3 rings (SSSR count). The summed E-state index contributed by atoms with van der Waals surface area (Å²) < 4.78 is 0. The Bertz CT molecular complexity index is 631. The molecule has 2 fully saturated rings. The molecule has 0 aromatic heterocycles. The topological polar surface area (TPSA) is 66.6 Å². The van der Waals surface area contributed by atoms with E-state index in [-0.39, 0.29) is 17.7 Å². The van der Waals surface area contributed by atoms with Gasteiger partial charge in [0, 0.05) is 37.7 Å². The van der Waals surface area contributed by atoms with Crippen LogP contribution in [0.15, 0.2) is 24.3 Å². The molecule has 2 atom stereocenters. The van der Waals surface area contributed by atoms with Gasteiger partial charge in [-0.25, -0.2) is 0 Å². The van der Waals surface area contributed by atoms with Crippen molar-refractivity contribution in [2.75, 3.05) is 32.7 Å². The number of aryl methyl sites for hydroxylation is 1. The molecular weight excluding hydrogens is 314 g/mol. The second kappa shape index (κ2) is 8.00.